The molecule has 0 bridgehead atoms. The molecule has 2 fully saturated rings. The molecule has 0 unspecified atom stereocenters. The number of hydrogen-bond acceptors (Lipinski definition) is 4. The molecule has 0 amide bonds. The van der Waals surface area contributed by atoms with E-state index in [1.807, 2.05) is 30.1 Å². The summed E-state index contributed by atoms with van der Waals surface area (Å²) >= 11 is 14.7. The lowest BCUT2D eigenvalue weighted by molar-refractivity contribution is 0.142. The predicted octanol–water partition coefficient (Wildman–Crippen LogP) is 4.70. The first kappa shape index (κ1) is 16.4. The van der Waals surface area contributed by atoms with E-state index in [1.165, 1.54) is 12.1 Å². The van der Waals surface area contributed by atoms with Gasteiger partial charge in [-0.15, -0.1) is 0 Å². The van der Waals surface area contributed by atoms with Gasteiger partial charge in [0.25, 0.3) is 0 Å². The minimum absolute atomic E-state index is 0.244. The van der Waals surface area contributed by atoms with Crippen molar-refractivity contribution in [1.82, 2.24) is 0 Å². The summed E-state index contributed by atoms with van der Waals surface area (Å²) in [5, 5.41) is 10.9. The molecule has 1 N–H and O–H groups in total. The van der Waals surface area contributed by atoms with Gasteiger partial charge in [0, 0.05) is 52.4 Å². The molecule has 2 aromatic carbocycles. The van der Waals surface area contributed by atoms with Crippen molar-refractivity contribution in [3.8, 4) is 11.1 Å². The molecular formula is C18H18Cl2N2OS. The molecule has 126 valence electrons. The average Bonchev–Trinajstić information content (AvgIpc) is 3.06. The molecule has 2 aliphatic heterocycles. The molecule has 2 heterocycles. The lowest BCUT2D eigenvalue weighted by atomic mass is 10.0. The van der Waals surface area contributed by atoms with Crippen molar-refractivity contribution < 1.29 is 5.11 Å². The van der Waals surface area contributed by atoms with Crippen molar-refractivity contribution in [1.29, 1.82) is 0 Å². The first-order chi connectivity index (χ1) is 11.6. The number of halogens is 2. The third-order valence-corrected chi connectivity index (χ3v) is 6.14. The molecule has 24 heavy (non-hydrogen) atoms. The van der Waals surface area contributed by atoms with E-state index in [9.17, 15) is 5.11 Å². The standard InChI is InChI=1S/C18H18Cl2N2OS/c19-13-6-12(7-15(8-13)21-10-16(23)11-21)17-9-14(2-3-18(17)20)22-4-1-5-24-22/h2-3,6-9,16,23H,1,4-5,10-11H2. The van der Waals surface area contributed by atoms with E-state index in [-0.39, 0.29) is 6.10 Å². The van der Waals surface area contributed by atoms with Gasteiger partial charge < -0.3 is 14.3 Å². The van der Waals surface area contributed by atoms with Crippen LogP contribution in [0.5, 0.6) is 0 Å². The highest BCUT2D eigenvalue weighted by molar-refractivity contribution is 8.00. The van der Waals surface area contributed by atoms with Gasteiger partial charge in [-0.2, -0.15) is 0 Å². The SMILES string of the molecule is OC1CN(c2cc(Cl)cc(-c3cc(N4CCCS4)ccc3Cl)c2)C1. The summed E-state index contributed by atoms with van der Waals surface area (Å²) in [6, 6.07) is 12.1. The summed E-state index contributed by atoms with van der Waals surface area (Å²) in [5.41, 5.74) is 4.21. The van der Waals surface area contributed by atoms with Crippen molar-refractivity contribution in [2.45, 2.75) is 12.5 Å². The molecule has 0 saturated carbocycles. The molecule has 0 aliphatic carbocycles. The van der Waals surface area contributed by atoms with Crippen molar-refractivity contribution in [3.05, 3.63) is 46.4 Å². The van der Waals surface area contributed by atoms with Gasteiger partial charge in [-0.05, 0) is 60.3 Å². The van der Waals surface area contributed by atoms with Crippen LogP contribution in [-0.2, 0) is 0 Å². The van der Waals surface area contributed by atoms with Crippen LogP contribution in [0, 0.1) is 0 Å². The van der Waals surface area contributed by atoms with E-state index in [4.69, 9.17) is 23.2 Å². The molecule has 2 aromatic rings. The Morgan fingerprint density at radius 1 is 1.04 bits per heavy atom. The molecule has 3 nitrogen and oxygen atoms in total. The van der Waals surface area contributed by atoms with Crippen LogP contribution in [0.3, 0.4) is 0 Å². The molecular weight excluding hydrogens is 363 g/mol. The maximum atomic E-state index is 9.53. The Kier molecular flexibility index (Phi) is 4.56. The molecule has 0 aromatic heterocycles. The summed E-state index contributed by atoms with van der Waals surface area (Å²) in [4.78, 5) is 2.12. The highest BCUT2D eigenvalue weighted by atomic mass is 35.5. The number of nitrogens with zero attached hydrogens (tertiary/aromatic N) is 2. The van der Waals surface area contributed by atoms with Crippen molar-refractivity contribution in [2.75, 3.05) is 34.6 Å². The summed E-state index contributed by atoms with van der Waals surface area (Å²) < 4.78 is 2.32. The normalized spacial score (nSPS) is 18.1. The molecule has 0 radical (unpaired) electrons. The smallest absolute Gasteiger partial charge is 0.0889 e. The average molecular weight is 381 g/mol. The summed E-state index contributed by atoms with van der Waals surface area (Å²) in [6.07, 6.45) is 0.966. The summed E-state index contributed by atoms with van der Waals surface area (Å²) in [5.74, 6) is 1.16. The van der Waals surface area contributed by atoms with Crippen LogP contribution in [0.15, 0.2) is 36.4 Å². The molecule has 0 spiro atoms. The molecule has 4 rings (SSSR count). The van der Waals surface area contributed by atoms with E-state index in [2.05, 4.69) is 27.4 Å². The van der Waals surface area contributed by atoms with Crippen LogP contribution in [0.1, 0.15) is 6.42 Å². The number of β-amino-alcohol motifs (C(OH)–C–C–N with tert-alkyl or cyclic N) is 1. The first-order valence-electron chi connectivity index (χ1n) is 8.04. The fraction of sp³-hybridized carbons (Fsp3) is 0.333. The molecule has 2 saturated heterocycles. The fourth-order valence-electron chi connectivity index (χ4n) is 3.12. The largest absolute Gasteiger partial charge is 0.389 e. The van der Waals surface area contributed by atoms with Gasteiger partial charge in [-0.1, -0.05) is 23.2 Å². The van der Waals surface area contributed by atoms with Gasteiger partial charge in [-0.3, -0.25) is 0 Å². The van der Waals surface area contributed by atoms with Crippen LogP contribution in [0.2, 0.25) is 10.0 Å². The van der Waals surface area contributed by atoms with Gasteiger partial charge in [0.2, 0.25) is 0 Å². The van der Waals surface area contributed by atoms with Crippen LogP contribution >= 0.6 is 35.1 Å². The number of aliphatic hydroxyl groups is 1. The highest BCUT2D eigenvalue weighted by Gasteiger charge is 2.25. The van der Waals surface area contributed by atoms with Crippen molar-refractivity contribution in [2.24, 2.45) is 0 Å². The second kappa shape index (κ2) is 6.68. The Balaban J connectivity index is 1.71. The number of benzene rings is 2. The van der Waals surface area contributed by atoms with Crippen LogP contribution in [-0.4, -0.2) is 36.6 Å². The Hall–Kier alpha value is -1.07. The van der Waals surface area contributed by atoms with Gasteiger partial charge in [-0.25, -0.2) is 0 Å². The van der Waals surface area contributed by atoms with Crippen LogP contribution in [0.25, 0.3) is 11.1 Å². The summed E-state index contributed by atoms with van der Waals surface area (Å²) in [7, 11) is 0. The fourth-order valence-corrected chi connectivity index (χ4v) is 4.57. The predicted molar refractivity (Wildman–Crippen MR) is 105 cm³/mol. The van der Waals surface area contributed by atoms with Crippen LogP contribution < -0.4 is 9.21 Å². The van der Waals surface area contributed by atoms with E-state index in [0.717, 1.165) is 34.1 Å². The zero-order chi connectivity index (χ0) is 16.7. The minimum atomic E-state index is -0.244. The molecule has 6 heteroatoms. The lowest BCUT2D eigenvalue weighted by Crippen LogP contribution is -2.50. The topological polar surface area (TPSA) is 26.7 Å². The van der Waals surface area contributed by atoms with Gasteiger partial charge in [0.15, 0.2) is 0 Å². The van der Waals surface area contributed by atoms with Gasteiger partial charge in [0.05, 0.1) is 6.10 Å². The molecule has 2 aliphatic rings. The third kappa shape index (κ3) is 3.21. The molecule has 0 atom stereocenters. The zero-order valence-electron chi connectivity index (χ0n) is 13.1. The number of rotatable bonds is 3. The minimum Gasteiger partial charge on any atom is -0.389 e. The second-order valence-electron chi connectivity index (χ2n) is 6.21. The van der Waals surface area contributed by atoms with E-state index < -0.39 is 0 Å². The Morgan fingerprint density at radius 2 is 1.88 bits per heavy atom. The van der Waals surface area contributed by atoms with Crippen molar-refractivity contribution >= 4 is 46.5 Å². The third-order valence-electron chi connectivity index (χ3n) is 4.41. The van der Waals surface area contributed by atoms with E-state index >= 15 is 0 Å². The quantitative estimate of drug-likeness (QED) is 0.780. The first-order valence-corrected chi connectivity index (χ1v) is 9.74. The zero-order valence-corrected chi connectivity index (χ0v) is 15.4. The van der Waals surface area contributed by atoms with Crippen LogP contribution in [0.4, 0.5) is 11.4 Å². The maximum absolute atomic E-state index is 9.53. The van der Waals surface area contributed by atoms with Gasteiger partial charge >= 0.3 is 0 Å². The van der Waals surface area contributed by atoms with Gasteiger partial charge in [0.1, 0.15) is 0 Å². The summed E-state index contributed by atoms with van der Waals surface area (Å²) in [6.45, 7) is 2.37. The number of anilines is 2. The van der Waals surface area contributed by atoms with E-state index in [0.29, 0.717) is 18.1 Å². The Morgan fingerprint density at radius 3 is 2.58 bits per heavy atom. The second-order valence-corrected chi connectivity index (χ2v) is 8.16. The van der Waals surface area contributed by atoms with Crippen molar-refractivity contribution in [3.63, 3.8) is 0 Å². The maximum Gasteiger partial charge on any atom is 0.0889 e. The Labute approximate surface area is 156 Å². The Bertz CT molecular complexity index is 759. The number of aliphatic hydroxyl groups excluding tert-OH is 1. The van der Waals surface area contributed by atoms with E-state index in [1.54, 1.807) is 0 Å². The highest BCUT2D eigenvalue weighted by Crippen LogP contribution is 2.38. The number of hydrogen-bond donors (Lipinski definition) is 1. The monoisotopic (exact) mass is 380 g/mol. The lowest BCUT2D eigenvalue weighted by Gasteiger charge is -2.38.